The summed E-state index contributed by atoms with van der Waals surface area (Å²) in [7, 11) is -3.05. The topological polar surface area (TPSA) is 92.3 Å². The minimum Gasteiger partial charge on any atom is -0.335 e. The molecule has 1 amide bonds. The first kappa shape index (κ1) is 25.5. The molecule has 0 aliphatic rings. The number of rotatable bonds is 6. The number of hydrogen-bond donors (Lipinski definition) is 1. The van der Waals surface area contributed by atoms with Gasteiger partial charge < -0.3 is 4.90 Å². The van der Waals surface area contributed by atoms with E-state index in [1.165, 1.54) is 48.3 Å². The van der Waals surface area contributed by atoms with E-state index in [-0.39, 0.29) is 16.0 Å². The van der Waals surface area contributed by atoms with Crippen LogP contribution in [0.4, 0.5) is 23.2 Å². The second kappa shape index (κ2) is 9.47. The van der Waals surface area contributed by atoms with Crippen LogP contribution in [0.2, 0.25) is 0 Å². The van der Waals surface area contributed by atoms with Crippen LogP contribution in [-0.2, 0) is 16.2 Å². The van der Waals surface area contributed by atoms with E-state index in [0.717, 1.165) is 17.8 Å². The molecule has 0 spiro atoms. The van der Waals surface area contributed by atoms with Crippen molar-refractivity contribution < 1.29 is 30.8 Å². The normalized spacial score (nSPS) is 12.9. The predicted octanol–water partition coefficient (Wildman–Crippen LogP) is 5.48. The van der Waals surface area contributed by atoms with Crippen molar-refractivity contribution in [3.63, 3.8) is 0 Å². The summed E-state index contributed by atoms with van der Waals surface area (Å²) >= 11 is 0.784. The molecular formula is C23H18F4N4O3S2. The third-order valence-corrected chi connectivity index (χ3v) is 7.55. The van der Waals surface area contributed by atoms with Gasteiger partial charge in [-0.1, -0.05) is 18.2 Å². The van der Waals surface area contributed by atoms with Gasteiger partial charge in [-0.05, 0) is 55.0 Å². The van der Waals surface area contributed by atoms with Gasteiger partial charge in [-0.3, -0.25) is 9.52 Å². The first-order chi connectivity index (χ1) is 16.9. The van der Waals surface area contributed by atoms with Crippen LogP contribution in [0.15, 0.2) is 65.6 Å². The zero-order chi connectivity index (χ0) is 26.3. The molecule has 0 aliphatic carbocycles. The van der Waals surface area contributed by atoms with E-state index in [4.69, 9.17) is 0 Å². The van der Waals surface area contributed by atoms with Gasteiger partial charge in [-0.15, -0.1) is 0 Å². The van der Waals surface area contributed by atoms with E-state index in [0.29, 0.717) is 23.2 Å². The summed E-state index contributed by atoms with van der Waals surface area (Å²) in [6.45, 7) is 1.65. The Labute approximate surface area is 207 Å². The highest BCUT2D eigenvalue weighted by Gasteiger charge is 2.33. The fourth-order valence-electron chi connectivity index (χ4n) is 3.52. The van der Waals surface area contributed by atoms with Crippen molar-refractivity contribution in [3.05, 3.63) is 83.2 Å². The highest BCUT2D eigenvalue weighted by Crippen LogP contribution is 2.34. The van der Waals surface area contributed by atoms with Crippen LogP contribution in [0.5, 0.6) is 0 Å². The Kier molecular flexibility index (Phi) is 6.71. The summed E-state index contributed by atoms with van der Waals surface area (Å²) in [6, 6.07) is 11.2. The maximum absolute atomic E-state index is 13.4. The second-order valence-corrected chi connectivity index (χ2v) is 10.1. The Bertz CT molecular complexity index is 1540. The van der Waals surface area contributed by atoms with E-state index in [1.807, 2.05) is 0 Å². The predicted molar refractivity (Wildman–Crippen MR) is 127 cm³/mol. The summed E-state index contributed by atoms with van der Waals surface area (Å²) in [5.74, 6) is -1.21. The molecule has 4 rings (SSSR count). The van der Waals surface area contributed by atoms with Gasteiger partial charge in [-0.25, -0.2) is 12.8 Å². The number of sulfonamides is 1. The van der Waals surface area contributed by atoms with Crippen molar-refractivity contribution in [3.8, 4) is 0 Å². The Morgan fingerprint density at radius 2 is 1.75 bits per heavy atom. The Morgan fingerprint density at radius 1 is 1.06 bits per heavy atom. The first-order valence-corrected chi connectivity index (χ1v) is 12.6. The monoisotopic (exact) mass is 538 g/mol. The smallest absolute Gasteiger partial charge is 0.335 e. The third kappa shape index (κ3) is 5.02. The summed E-state index contributed by atoms with van der Waals surface area (Å²) in [4.78, 5) is 14.2. The van der Waals surface area contributed by atoms with E-state index in [2.05, 4.69) is 13.5 Å². The molecule has 36 heavy (non-hydrogen) atoms. The number of hydrogen-bond acceptors (Lipinski definition) is 6. The number of carbonyl (C=O) groups excluding carboxylic acids is 1. The quantitative estimate of drug-likeness (QED) is 0.328. The summed E-state index contributed by atoms with van der Waals surface area (Å²) < 4.78 is 90.1. The van der Waals surface area contributed by atoms with Crippen molar-refractivity contribution in [2.45, 2.75) is 24.0 Å². The molecule has 1 heterocycles. The number of carbonyl (C=O) groups is 1. The van der Waals surface area contributed by atoms with Crippen molar-refractivity contribution in [2.24, 2.45) is 0 Å². The van der Waals surface area contributed by atoms with Gasteiger partial charge in [-0.2, -0.15) is 21.9 Å². The molecule has 0 saturated heterocycles. The standard InChI is InChI=1S/C23H18F4N4O3S2/c1-13(14-6-9-16(24)10-7-14)31(2)22(32)17-11-8-15(23(25,26)27)12-19(17)30-36(33,34)20-5-3-4-18-21(20)29-35-28-18/h3-13,30H,1-2H3. The molecule has 1 unspecified atom stereocenters. The largest absolute Gasteiger partial charge is 0.416 e. The lowest BCUT2D eigenvalue weighted by molar-refractivity contribution is -0.137. The van der Waals surface area contributed by atoms with Gasteiger partial charge in [0, 0.05) is 7.05 Å². The van der Waals surface area contributed by atoms with Crippen molar-refractivity contribution >= 4 is 44.4 Å². The maximum Gasteiger partial charge on any atom is 0.416 e. The number of anilines is 1. The zero-order valence-electron chi connectivity index (χ0n) is 18.7. The molecule has 0 bridgehead atoms. The number of nitrogens with one attached hydrogen (secondary N) is 1. The van der Waals surface area contributed by atoms with Gasteiger partial charge in [0.25, 0.3) is 15.9 Å². The lowest BCUT2D eigenvalue weighted by Crippen LogP contribution is -2.31. The van der Waals surface area contributed by atoms with Gasteiger partial charge in [0.15, 0.2) is 0 Å². The average molecular weight is 539 g/mol. The number of alkyl halides is 3. The molecule has 188 valence electrons. The minimum atomic E-state index is -4.78. The number of fused-ring (bicyclic) bond motifs is 1. The van der Waals surface area contributed by atoms with Crippen LogP contribution >= 0.6 is 11.7 Å². The number of halogens is 4. The number of nitrogens with zero attached hydrogens (tertiary/aromatic N) is 3. The third-order valence-electron chi connectivity index (χ3n) is 5.61. The Balaban J connectivity index is 1.75. The maximum atomic E-state index is 13.4. The summed E-state index contributed by atoms with van der Waals surface area (Å²) in [5, 5.41) is 0. The highest BCUT2D eigenvalue weighted by atomic mass is 32.2. The molecule has 1 atom stereocenters. The van der Waals surface area contributed by atoms with Crippen molar-refractivity contribution in [1.82, 2.24) is 13.6 Å². The van der Waals surface area contributed by atoms with E-state index in [9.17, 15) is 30.8 Å². The SMILES string of the molecule is CC(c1ccc(F)cc1)N(C)C(=O)c1ccc(C(F)(F)F)cc1NS(=O)(=O)c1cccc2nsnc12. The van der Waals surface area contributed by atoms with Crippen LogP contribution in [-0.4, -0.2) is 35.0 Å². The fourth-order valence-corrected chi connectivity index (χ4v) is 5.36. The Hall–Kier alpha value is -3.58. The lowest BCUT2D eigenvalue weighted by Gasteiger charge is -2.27. The lowest BCUT2D eigenvalue weighted by atomic mass is 10.0. The van der Waals surface area contributed by atoms with Gasteiger partial charge in [0.05, 0.1) is 34.6 Å². The molecule has 7 nitrogen and oxygen atoms in total. The molecular weight excluding hydrogens is 520 g/mol. The molecule has 0 radical (unpaired) electrons. The first-order valence-electron chi connectivity index (χ1n) is 10.4. The molecule has 4 aromatic rings. The Morgan fingerprint density at radius 3 is 2.42 bits per heavy atom. The van der Waals surface area contributed by atoms with E-state index >= 15 is 0 Å². The van der Waals surface area contributed by atoms with Gasteiger partial charge in [0.1, 0.15) is 21.7 Å². The van der Waals surface area contributed by atoms with Crippen LogP contribution in [0, 0.1) is 5.82 Å². The van der Waals surface area contributed by atoms with Crippen molar-refractivity contribution in [2.75, 3.05) is 11.8 Å². The summed E-state index contributed by atoms with van der Waals surface area (Å²) in [6.07, 6.45) is -4.78. The molecule has 13 heteroatoms. The number of aromatic nitrogens is 2. The molecule has 1 aromatic heterocycles. The summed E-state index contributed by atoms with van der Waals surface area (Å²) in [5.41, 5.74) is -1.06. The van der Waals surface area contributed by atoms with Gasteiger partial charge in [0.2, 0.25) is 0 Å². The molecule has 0 aliphatic heterocycles. The van der Waals surface area contributed by atoms with Crippen LogP contribution in [0.25, 0.3) is 11.0 Å². The van der Waals surface area contributed by atoms with Crippen LogP contribution in [0.3, 0.4) is 0 Å². The molecule has 0 fully saturated rings. The van der Waals surface area contributed by atoms with Gasteiger partial charge >= 0.3 is 6.18 Å². The fraction of sp³-hybridized carbons (Fsp3) is 0.174. The minimum absolute atomic E-state index is 0.0527. The number of amides is 1. The average Bonchev–Trinajstić information content (AvgIpc) is 3.31. The highest BCUT2D eigenvalue weighted by molar-refractivity contribution is 7.93. The molecule has 0 saturated carbocycles. The van der Waals surface area contributed by atoms with Crippen molar-refractivity contribution in [1.29, 1.82) is 0 Å². The van der Waals surface area contributed by atoms with E-state index in [1.54, 1.807) is 13.0 Å². The molecule has 3 aromatic carbocycles. The van der Waals surface area contributed by atoms with Crippen LogP contribution in [0.1, 0.15) is 34.5 Å². The molecule has 1 N–H and O–H groups in total. The number of benzene rings is 3. The second-order valence-electron chi connectivity index (χ2n) is 7.90. The van der Waals surface area contributed by atoms with E-state index < -0.39 is 45.2 Å². The zero-order valence-corrected chi connectivity index (χ0v) is 20.4. The van der Waals surface area contributed by atoms with Crippen LogP contribution < -0.4 is 4.72 Å².